The van der Waals surface area contributed by atoms with E-state index in [0.717, 1.165) is 32.0 Å². The van der Waals surface area contributed by atoms with Crippen LogP contribution in [0.5, 0.6) is 0 Å². The van der Waals surface area contributed by atoms with Crippen molar-refractivity contribution in [1.29, 1.82) is 0 Å². The fourth-order valence-electron chi connectivity index (χ4n) is 3.01. The quantitative estimate of drug-likeness (QED) is 0.187. The van der Waals surface area contributed by atoms with Gasteiger partial charge in [0.25, 0.3) is 0 Å². The van der Waals surface area contributed by atoms with Crippen molar-refractivity contribution in [1.82, 2.24) is 0 Å². The Labute approximate surface area is 202 Å². The number of benzene rings is 1. The van der Waals surface area contributed by atoms with Gasteiger partial charge in [0.05, 0.1) is 0 Å². The van der Waals surface area contributed by atoms with Gasteiger partial charge in [0.2, 0.25) is 0 Å². The smallest absolute Gasteiger partial charge is 0.388 e. The third kappa shape index (κ3) is 4.42. The molecule has 0 aliphatic carbocycles. The zero-order valence-corrected chi connectivity index (χ0v) is 19.5. The zero-order valence-electron chi connectivity index (χ0n) is 18.5. The summed E-state index contributed by atoms with van der Waals surface area (Å²) < 4.78 is 242. The van der Waals surface area contributed by atoms with E-state index in [-0.39, 0.29) is 0 Å². The summed E-state index contributed by atoms with van der Waals surface area (Å²) in [6.07, 6.45) is -7.81. The van der Waals surface area contributed by atoms with Gasteiger partial charge in [-0.2, -0.15) is 74.6 Å². The molecule has 2 nitrogen and oxygen atoms in total. The van der Waals surface area contributed by atoms with E-state index in [2.05, 4.69) is 8.85 Å². The van der Waals surface area contributed by atoms with Gasteiger partial charge in [-0.05, 0) is 19.0 Å². The Morgan fingerprint density at radius 1 is 0.500 bits per heavy atom. The Kier molecular flexibility index (Phi) is 8.97. The van der Waals surface area contributed by atoms with E-state index in [0.29, 0.717) is 12.1 Å². The number of hydrogen-bond acceptors (Lipinski definition) is 2. The van der Waals surface area contributed by atoms with Crippen LogP contribution in [0.3, 0.4) is 0 Å². The van der Waals surface area contributed by atoms with E-state index in [1.165, 1.54) is 0 Å². The van der Waals surface area contributed by atoms with Gasteiger partial charge in [-0.3, -0.25) is 0 Å². The van der Waals surface area contributed by atoms with Crippen molar-refractivity contribution in [2.24, 2.45) is 0 Å². The molecular weight excluding hydrogens is 599 g/mol. The van der Waals surface area contributed by atoms with Crippen molar-refractivity contribution in [3.8, 4) is 0 Å². The van der Waals surface area contributed by atoms with Crippen LogP contribution in [-0.2, 0) is 8.85 Å². The molecule has 0 heterocycles. The van der Waals surface area contributed by atoms with Gasteiger partial charge >= 0.3 is 55.8 Å². The molecule has 1 aromatic rings. The van der Waals surface area contributed by atoms with Gasteiger partial charge in [-0.1, -0.05) is 30.3 Å². The first-order chi connectivity index (χ1) is 16.7. The second-order valence-electron chi connectivity index (χ2n) is 7.37. The molecule has 0 bridgehead atoms. The van der Waals surface area contributed by atoms with Gasteiger partial charge < -0.3 is 8.85 Å². The molecule has 0 radical (unpaired) electrons. The van der Waals surface area contributed by atoms with Gasteiger partial charge in [0.15, 0.2) is 0 Å². The monoisotopic (exact) mass is 614 g/mol. The molecule has 222 valence electrons. The van der Waals surface area contributed by atoms with Crippen molar-refractivity contribution in [2.45, 2.75) is 61.1 Å². The van der Waals surface area contributed by atoms with Crippen LogP contribution in [0, 0.1) is 0 Å². The minimum atomic E-state index is -8.70. The molecule has 20 heteroatoms. The Morgan fingerprint density at radius 2 is 0.816 bits per heavy atom. The Bertz CT molecular complexity index is 940. The molecule has 0 aliphatic rings. The SMILES string of the molecule is CCO[Si](OCC)(c1ccccc1)C(F)(F)C(F)(F)C(F)(F)C(F)(F)C(F)(F)C(F)(F)C(F)(F)C(F)(F)F. The zero-order chi connectivity index (χ0) is 30.4. The van der Waals surface area contributed by atoms with Crippen LogP contribution in [-0.4, -0.2) is 69.0 Å². The fraction of sp³-hybridized carbons (Fsp3) is 0.667. The first-order valence-electron chi connectivity index (χ1n) is 9.77. The van der Waals surface area contributed by atoms with Crippen LogP contribution in [0.4, 0.5) is 74.6 Å². The van der Waals surface area contributed by atoms with Crippen LogP contribution < -0.4 is 5.19 Å². The lowest BCUT2D eigenvalue weighted by Gasteiger charge is -2.45. The standard InChI is InChI=1S/C18H15F17O2Si/c1-3-36-38(37-4-2,10-8-6-5-7-9-10)18(34,35)16(29,30)14(25,26)12(21,22)11(19,20)13(23,24)15(27,28)17(31,32)33/h5-9H,3-4H2,1-2H3. The largest absolute Gasteiger partial charge is 0.460 e. The highest BCUT2D eigenvalue weighted by Gasteiger charge is 2.97. The van der Waals surface area contributed by atoms with E-state index in [9.17, 15) is 65.9 Å². The first kappa shape index (κ1) is 34.2. The van der Waals surface area contributed by atoms with Crippen LogP contribution in [0.2, 0.25) is 0 Å². The molecule has 0 unspecified atom stereocenters. The molecule has 0 aromatic heterocycles. The van der Waals surface area contributed by atoms with E-state index in [1.807, 2.05) is 0 Å². The molecule has 1 aromatic carbocycles. The Hall–Kier alpha value is -1.83. The molecule has 38 heavy (non-hydrogen) atoms. The average Bonchev–Trinajstić information content (AvgIpc) is 2.77. The van der Waals surface area contributed by atoms with Crippen molar-refractivity contribution in [3.63, 3.8) is 0 Å². The summed E-state index contributed by atoms with van der Waals surface area (Å²) >= 11 is 0. The molecule has 0 fully saturated rings. The minimum Gasteiger partial charge on any atom is -0.388 e. The van der Waals surface area contributed by atoms with Crippen LogP contribution in [0.1, 0.15) is 13.8 Å². The summed E-state index contributed by atoms with van der Waals surface area (Å²) in [5.74, 6) is -50.5. The molecule has 0 amide bonds. The van der Waals surface area contributed by atoms with Gasteiger partial charge in [-0.25, -0.2) is 0 Å². The van der Waals surface area contributed by atoms with Gasteiger partial charge in [0.1, 0.15) is 0 Å². The average molecular weight is 614 g/mol. The third-order valence-corrected chi connectivity index (χ3v) is 8.61. The maximum Gasteiger partial charge on any atom is 0.460 e. The predicted octanol–water partition coefficient (Wildman–Crippen LogP) is 6.96. The topological polar surface area (TPSA) is 18.5 Å². The summed E-state index contributed by atoms with van der Waals surface area (Å²) in [5, 5.41) is -1.19. The lowest BCUT2D eigenvalue weighted by molar-refractivity contribution is -0.459. The third-order valence-electron chi connectivity index (χ3n) is 4.98. The molecule has 0 atom stereocenters. The summed E-state index contributed by atoms with van der Waals surface area (Å²) in [4.78, 5) is 0. The highest BCUT2D eigenvalue weighted by Crippen LogP contribution is 2.64. The normalized spacial score (nSPS) is 15.7. The number of halogens is 17. The summed E-state index contributed by atoms with van der Waals surface area (Å²) in [6.45, 7) is -0.612. The van der Waals surface area contributed by atoms with Gasteiger partial charge in [0, 0.05) is 13.2 Å². The highest BCUT2D eigenvalue weighted by atomic mass is 28.4. The molecular formula is C18H15F17O2Si. The molecule has 0 saturated carbocycles. The molecule has 0 N–H and O–H groups in total. The number of alkyl halides is 17. The summed E-state index contributed by atoms with van der Waals surface area (Å²) in [5.41, 5.74) is -6.79. The summed E-state index contributed by atoms with van der Waals surface area (Å²) in [6, 6.07) is 3.64. The van der Waals surface area contributed by atoms with Crippen molar-refractivity contribution in [2.75, 3.05) is 13.2 Å². The van der Waals surface area contributed by atoms with Crippen molar-refractivity contribution >= 4 is 13.7 Å². The van der Waals surface area contributed by atoms with E-state index < -0.39 is 74.2 Å². The molecule has 0 spiro atoms. The highest BCUT2D eigenvalue weighted by molar-refractivity contribution is 6.83. The predicted molar refractivity (Wildman–Crippen MR) is 95.8 cm³/mol. The van der Waals surface area contributed by atoms with Crippen LogP contribution in [0.25, 0.3) is 0 Å². The first-order valence-corrected chi connectivity index (χ1v) is 11.6. The van der Waals surface area contributed by atoms with Crippen LogP contribution >= 0.6 is 0 Å². The lowest BCUT2D eigenvalue weighted by atomic mass is 9.91. The van der Waals surface area contributed by atoms with E-state index in [1.54, 1.807) is 0 Å². The number of rotatable bonds is 12. The lowest BCUT2D eigenvalue weighted by Crippen LogP contribution is -2.80. The molecule has 0 aliphatic heterocycles. The maximum absolute atomic E-state index is 15.2. The van der Waals surface area contributed by atoms with Crippen molar-refractivity contribution in [3.05, 3.63) is 30.3 Å². The number of hydrogen-bond donors (Lipinski definition) is 0. The van der Waals surface area contributed by atoms with Crippen molar-refractivity contribution < 1.29 is 83.5 Å². The fourth-order valence-corrected chi connectivity index (χ4v) is 6.16. The molecule has 0 saturated heterocycles. The second-order valence-corrected chi connectivity index (χ2v) is 10.4. The summed E-state index contributed by atoms with van der Waals surface area (Å²) in [7, 11) is -6.55. The second kappa shape index (κ2) is 9.97. The minimum absolute atomic E-state index is 0.491. The van der Waals surface area contributed by atoms with Gasteiger partial charge in [-0.15, -0.1) is 0 Å². The van der Waals surface area contributed by atoms with E-state index >= 15 is 8.78 Å². The van der Waals surface area contributed by atoms with Crippen LogP contribution in [0.15, 0.2) is 30.3 Å². The Balaban J connectivity index is 3.95. The Morgan fingerprint density at radius 3 is 1.13 bits per heavy atom. The molecule has 1 rings (SSSR count). The van der Waals surface area contributed by atoms with E-state index in [4.69, 9.17) is 0 Å². The maximum atomic E-state index is 15.2.